The minimum absolute atomic E-state index is 0.0413. The normalized spacial score (nSPS) is 16.5. The molecule has 1 unspecified atom stereocenters. The average molecular weight is 439 g/mol. The van der Waals surface area contributed by atoms with Crippen LogP contribution in [0.4, 0.5) is 0 Å². The highest BCUT2D eigenvalue weighted by molar-refractivity contribution is 9.10. The minimum atomic E-state index is -3.67. The third kappa shape index (κ3) is 3.36. The first kappa shape index (κ1) is 18.9. The molecule has 8 heteroatoms. The van der Waals surface area contributed by atoms with Crippen LogP contribution in [0.15, 0.2) is 45.8 Å². The van der Waals surface area contributed by atoms with Crippen LogP contribution in [-0.2, 0) is 16.4 Å². The van der Waals surface area contributed by atoms with Crippen molar-refractivity contribution in [3.05, 3.63) is 57.6 Å². The standard InChI is InChI=1S/C18H19BrN2O4S/c1-21(2)26(24,25)17-10-11(6-8-14(17)19)18(23)20-15-9-7-13-12(15)4-3-5-16(13)22/h3-6,8,10,15,22H,7,9H2,1-2H3,(H,20,23). The molecule has 0 saturated carbocycles. The highest BCUT2D eigenvalue weighted by Crippen LogP contribution is 2.36. The molecular formula is C18H19BrN2O4S. The highest BCUT2D eigenvalue weighted by atomic mass is 79.9. The number of nitrogens with zero attached hydrogens (tertiary/aromatic N) is 1. The lowest BCUT2D eigenvalue weighted by molar-refractivity contribution is 0.0936. The van der Waals surface area contributed by atoms with E-state index in [-0.39, 0.29) is 28.2 Å². The number of hydrogen-bond donors (Lipinski definition) is 2. The number of halogens is 1. The van der Waals surface area contributed by atoms with E-state index < -0.39 is 10.0 Å². The Labute approximate surface area is 161 Å². The maximum atomic E-state index is 12.7. The third-order valence-electron chi connectivity index (χ3n) is 4.50. The van der Waals surface area contributed by atoms with E-state index in [1.54, 1.807) is 24.3 Å². The van der Waals surface area contributed by atoms with Crippen LogP contribution in [0.3, 0.4) is 0 Å². The lowest BCUT2D eigenvalue weighted by Gasteiger charge is -2.16. The maximum absolute atomic E-state index is 12.7. The summed E-state index contributed by atoms with van der Waals surface area (Å²) in [5.74, 6) is -0.115. The van der Waals surface area contributed by atoms with E-state index in [0.717, 1.165) is 15.4 Å². The van der Waals surface area contributed by atoms with Crippen molar-refractivity contribution in [2.75, 3.05) is 14.1 Å². The second kappa shape index (κ2) is 7.02. The van der Waals surface area contributed by atoms with Crippen LogP contribution < -0.4 is 5.32 Å². The molecule has 0 saturated heterocycles. The molecule has 26 heavy (non-hydrogen) atoms. The van der Waals surface area contributed by atoms with Crippen LogP contribution >= 0.6 is 15.9 Å². The van der Waals surface area contributed by atoms with E-state index in [1.807, 2.05) is 6.07 Å². The van der Waals surface area contributed by atoms with Crippen molar-refractivity contribution < 1.29 is 18.3 Å². The quantitative estimate of drug-likeness (QED) is 0.767. The number of fused-ring (bicyclic) bond motifs is 1. The van der Waals surface area contributed by atoms with Gasteiger partial charge in [-0.2, -0.15) is 0 Å². The molecule has 1 amide bonds. The molecule has 6 nitrogen and oxygen atoms in total. The molecule has 1 atom stereocenters. The fraction of sp³-hybridized carbons (Fsp3) is 0.278. The average Bonchev–Trinajstić information content (AvgIpc) is 2.99. The highest BCUT2D eigenvalue weighted by Gasteiger charge is 2.27. The van der Waals surface area contributed by atoms with Crippen molar-refractivity contribution in [2.45, 2.75) is 23.8 Å². The summed E-state index contributed by atoms with van der Waals surface area (Å²) < 4.78 is 26.3. The second-order valence-electron chi connectivity index (χ2n) is 6.34. The van der Waals surface area contributed by atoms with Crippen molar-refractivity contribution in [1.82, 2.24) is 9.62 Å². The van der Waals surface area contributed by atoms with Gasteiger partial charge in [0.15, 0.2) is 0 Å². The van der Waals surface area contributed by atoms with E-state index >= 15 is 0 Å². The van der Waals surface area contributed by atoms with Gasteiger partial charge in [-0.3, -0.25) is 4.79 Å². The van der Waals surface area contributed by atoms with Gasteiger partial charge in [-0.1, -0.05) is 12.1 Å². The van der Waals surface area contributed by atoms with Gasteiger partial charge in [-0.25, -0.2) is 12.7 Å². The van der Waals surface area contributed by atoms with Gasteiger partial charge in [-0.15, -0.1) is 0 Å². The van der Waals surface area contributed by atoms with Crippen LogP contribution in [0.2, 0.25) is 0 Å². The minimum Gasteiger partial charge on any atom is -0.508 e. The van der Waals surface area contributed by atoms with Crippen LogP contribution in [0.1, 0.15) is 33.9 Å². The summed E-state index contributed by atoms with van der Waals surface area (Å²) in [6, 6.07) is 9.56. The van der Waals surface area contributed by atoms with E-state index in [1.165, 1.54) is 20.2 Å². The molecule has 0 aliphatic heterocycles. The van der Waals surface area contributed by atoms with Gasteiger partial charge < -0.3 is 10.4 Å². The number of nitrogens with one attached hydrogen (secondary N) is 1. The summed E-state index contributed by atoms with van der Waals surface area (Å²) in [4.78, 5) is 12.7. The summed E-state index contributed by atoms with van der Waals surface area (Å²) in [6.45, 7) is 0. The first-order chi connectivity index (χ1) is 12.2. The van der Waals surface area contributed by atoms with Crippen molar-refractivity contribution in [3.63, 3.8) is 0 Å². The molecule has 0 heterocycles. The number of sulfonamides is 1. The molecule has 1 aliphatic rings. The van der Waals surface area contributed by atoms with Crippen LogP contribution in [0, 0.1) is 0 Å². The van der Waals surface area contributed by atoms with E-state index in [2.05, 4.69) is 21.2 Å². The third-order valence-corrected chi connectivity index (χ3v) is 7.31. The number of phenols is 1. The molecule has 2 N–H and O–H groups in total. The Bertz CT molecular complexity index is 973. The molecule has 3 rings (SSSR count). The van der Waals surface area contributed by atoms with Crippen molar-refractivity contribution in [3.8, 4) is 5.75 Å². The Hall–Kier alpha value is -1.90. The fourth-order valence-electron chi connectivity index (χ4n) is 3.07. The molecule has 0 aromatic heterocycles. The first-order valence-corrected chi connectivity index (χ1v) is 10.3. The van der Waals surface area contributed by atoms with Gasteiger partial charge in [0.1, 0.15) is 5.75 Å². The predicted molar refractivity (Wildman–Crippen MR) is 102 cm³/mol. The first-order valence-electron chi connectivity index (χ1n) is 8.05. The zero-order valence-electron chi connectivity index (χ0n) is 14.4. The number of aromatic hydroxyl groups is 1. The van der Waals surface area contributed by atoms with Gasteiger partial charge in [0.05, 0.1) is 10.9 Å². The molecular weight excluding hydrogens is 420 g/mol. The number of phenolic OH excluding ortho intramolecular Hbond substituents is 1. The van der Waals surface area contributed by atoms with Crippen molar-refractivity contribution >= 4 is 31.9 Å². The Morgan fingerprint density at radius 2 is 2.00 bits per heavy atom. The molecule has 0 fully saturated rings. The Balaban J connectivity index is 1.88. The maximum Gasteiger partial charge on any atom is 0.251 e. The van der Waals surface area contributed by atoms with Gasteiger partial charge in [0.2, 0.25) is 10.0 Å². The molecule has 0 bridgehead atoms. The summed E-state index contributed by atoms with van der Waals surface area (Å²) in [7, 11) is -0.790. The number of carbonyl (C=O) groups excluding carboxylic acids is 1. The zero-order valence-corrected chi connectivity index (χ0v) is 16.8. The molecule has 138 valence electrons. The summed E-state index contributed by atoms with van der Waals surface area (Å²) >= 11 is 3.24. The number of amides is 1. The Kier molecular flexibility index (Phi) is 5.09. The largest absolute Gasteiger partial charge is 0.508 e. The Morgan fingerprint density at radius 1 is 1.27 bits per heavy atom. The number of rotatable bonds is 4. The van der Waals surface area contributed by atoms with E-state index in [4.69, 9.17) is 0 Å². The Morgan fingerprint density at radius 3 is 2.69 bits per heavy atom. The number of carbonyl (C=O) groups is 1. The number of benzene rings is 2. The monoisotopic (exact) mass is 438 g/mol. The summed E-state index contributed by atoms with van der Waals surface area (Å²) in [6.07, 6.45) is 1.38. The summed E-state index contributed by atoms with van der Waals surface area (Å²) in [5, 5.41) is 12.9. The topological polar surface area (TPSA) is 86.7 Å². The smallest absolute Gasteiger partial charge is 0.251 e. The zero-order chi connectivity index (χ0) is 19.1. The molecule has 1 aliphatic carbocycles. The van der Waals surface area contributed by atoms with Crippen LogP contribution in [-0.4, -0.2) is 37.8 Å². The lowest BCUT2D eigenvalue weighted by Crippen LogP contribution is -2.28. The SMILES string of the molecule is CN(C)S(=O)(=O)c1cc(C(=O)NC2CCc3c(O)cccc32)ccc1Br. The predicted octanol–water partition coefficient (Wildman–Crippen LogP) is 2.82. The number of hydrogen-bond acceptors (Lipinski definition) is 4. The van der Waals surface area contributed by atoms with Gasteiger partial charge in [0.25, 0.3) is 5.91 Å². The van der Waals surface area contributed by atoms with Gasteiger partial charge in [-0.05, 0) is 64.2 Å². The van der Waals surface area contributed by atoms with Gasteiger partial charge >= 0.3 is 0 Å². The molecule has 2 aromatic carbocycles. The molecule has 0 radical (unpaired) electrons. The van der Waals surface area contributed by atoms with E-state index in [9.17, 15) is 18.3 Å². The lowest BCUT2D eigenvalue weighted by atomic mass is 10.1. The molecule has 2 aromatic rings. The van der Waals surface area contributed by atoms with Crippen LogP contribution in [0.25, 0.3) is 0 Å². The van der Waals surface area contributed by atoms with Crippen molar-refractivity contribution in [2.24, 2.45) is 0 Å². The van der Waals surface area contributed by atoms with Gasteiger partial charge in [0, 0.05) is 24.1 Å². The van der Waals surface area contributed by atoms with Crippen molar-refractivity contribution in [1.29, 1.82) is 0 Å². The molecule has 0 spiro atoms. The second-order valence-corrected chi connectivity index (χ2v) is 9.32. The summed E-state index contributed by atoms with van der Waals surface area (Å²) in [5.41, 5.74) is 2.02. The van der Waals surface area contributed by atoms with Crippen LogP contribution in [0.5, 0.6) is 5.75 Å². The fourth-order valence-corrected chi connectivity index (χ4v) is 4.91. The van der Waals surface area contributed by atoms with E-state index in [0.29, 0.717) is 17.3 Å².